The molecule has 2 heterocycles. The molecule has 0 saturated heterocycles. The molecule has 0 N–H and O–H groups in total. The van der Waals surface area contributed by atoms with Crippen LogP contribution >= 0.6 is 0 Å². The van der Waals surface area contributed by atoms with Crippen LogP contribution < -0.4 is 9.47 Å². The number of hydrogen-bond acceptors (Lipinski definition) is 3. The molecule has 3 heteroatoms. The Hall–Kier alpha value is -1.48. The predicted molar refractivity (Wildman–Crippen MR) is 80.7 cm³/mol. The second kappa shape index (κ2) is 5.13. The van der Waals surface area contributed by atoms with Gasteiger partial charge in [-0.25, -0.2) is 0 Å². The molecule has 108 valence electrons. The normalized spacial score (nSPS) is 24.1. The number of nitrogens with zero attached hydrogens (tertiary/aromatic N) is 1. The molecule has 0 aromatic heterocycles. The van der Waals surface area contributed by atoms with E-state index in [2.05, 4.69) is 31.5 Å². The molecule has 0 fully saturated rings. The van der Waals surface area contributed by atoms with E-state index < -0.39 is 0 Å². The van der Waals surface area contributed by atoms with E-state index in [1.165, 1.54) is 16.7 Å². The van der Waals surface area contributed by atoms with Crippen LogP contribution in [0, 0.1) is 6.92 Å². The molecular weight excluding hydrogens is 250 g/mol. The lowest BCUT2D eigenvalue weighted by Gasteiger charge is -2.31. The zero-order valence-electron chi connectivity index (χ0n) is 12.6. The van der Waals surface area contributed by atoms with Crippen LogP contribution in [-0.2, 0) is 6.54 Å². The van der Waals surface area contributed by atoms with Gasteiger partial charge in [0.25, 0.3) is 0 Å². The number of rotatable bonds is 4. The van der Waals surface area contributed by atoms with Crippen LogP contribution in [0.4, 0.5) is 0 Å². The van der Waals surface area contributed by atoms with E-state index in [0.717, 1.165) is 37.4 Å². The van der Waals surface area contributed by atoms with Crippen molar-refractivity contribution in [3.05, 3.63) is 35.4 Å². The van der Waals surface area contributed by atoms with Crippen LogP contribution in [0.2, 0.25) is 0 Å². The smallest absolute Gasteiger partial charge is 0.165 e. The molecule has 0 spiro atoms. The molecule has 0 saturated carbocycles. The minimum Gasteiger partial charge on any atom is -0.493 e. The Morgan fingerprint density at radius 3 is 3.05 bits per heavy atom. The lowest BCUT2D eigenvalue weighted by Crippen LogP contribution is -2.34. The topological polar surface area (TPSA) is 21.7 Å². The Kier molecular flexibility index (Phi) is 3.47. The van der Waals surface area contributed by atoms with Crippen LogP contribution in [0.3, 0.4) is 0 Å². The van der Waals surface area contributed by atoms with Crippen molar-refractivity contribution in [3.63, 3.8) is 0 Å². The Morgan fingerprint density at radius 2 is 2.35 bits per heavy atom. The molecule has 20 heavy (non-hydrogen) atoms. The standard InChI is InChI=1S/C17H23NO2/c1-5-6-7-14-13-10-18(3)9-12-11(2)8-15(19-4)17(20-14)16(12)13/h5,8,13-14H,1,6-7,9-10H2,2-4H3. The third-order valence-electron chi connectivity index (χ3n) is 4.52. The van der Waals surface area contributed by atoms with Gasteiger partial charge in [0.2, 0.25) is 0 Å². The monoisotopic (exact) mass is 273 g/mol. The zero-order chi connectivity index (χ0) is 14.3. The summed E-state index contributed by atoms with van der Waals surface area (Å²) in [5.74, 6) is 2.34. The summed E-state index contributed by atoms with van der Waals surface area (Å²) in [5, 5.41) is 0. The summed E-state index contributed by atoms with van der Waals surface area (Å²) in [7, 11) is 3.91. The molecule has 2 aliphatic heterocycles. The van der Waals surface area contributed by atoms with Gasteiger partial charge in [0.05, 0.1) is 7.11 Å². The molecular formula is C17H23NO2. The Labute approximate surface area is 121 Å². The second-order valence-corrected chi connectivity index (χ2v) is 5.94. The first kappa shape index (κ1) is 13.5. The van der Waals surface area contributed by atoms with Gasteiger partial charge in [0.1, 0.15) is 6.10 Å². The molecule has 3 nitrogen and oxygen atoms in total. The zero-order valence-corrected chi connectivity index (χ0v) is 12.6. The summed E-state index contributed by atoms with van der Waals surface area (Å²) in [5.41, 5.74) is 4.14. The molecule has 0 amide bonds. The fourth-order valence-corrected chi connectivity index (χ4v) is 3.55. The van der Waals surface area contributed by atoms with Crippen molar-refractivity contribution in [2.45, 2.75) is 38.3 Å². The molecule has 0 bridgehead atoms. The quantitative estimate of drug-likeness (QED) is 0.786. The largest absolute Gasteiger partial charge is 0.493 e. The van der Waals surface area contributed by atoms with Crippen LogP contribution in [0.25, 0.3) is 0 Å². The molecule has 2 aliphatic rings. The molecule has 2 unspecified atom stereocenters. The lowest BCUT2D eigenvalue weighted by molar-refractivity contribution is 0.160. The Morgan fingerprint density at radius 1 is 1.55 bits per heavy atom. The van der Waals surface area contributed by atoms with Crippen molar-refractivity contribution < 1.29 is 9.47 Å². The molecule has 0 aliphatic carbocycles. The first-order valence-electron chi connectivity index (χ1n) is 7.32. The van der Waals surface area contributed by atoms with Crippen molar-refractivity contribution >= 4 is 0 Å². The van der Waals surface area contributed by atoms with Crippen LogP contribution in [-0.4, -0.2) is 31.7 Å². The number of methoxy groups -OCH3 is 1. The number of likely N-dealkylation sites (N-methyl/N-ethyl adjacent to an activating group) is 1. The van der Waals surface area contributed by atoms with Crippen molar-refractivity contribution in [2.75, 3.05) is 20.7 Å². The second-order valence-electron chi connectivity index (χ2n) is 5.94. The fraction of sp³-hybridized carbons (Fsp3) is 0.529. The van der Waals surface area contributed by atoms with E-state index >= 15 is 0 Å². The SMILES string of the molecule is C=CCCC1Oc2c(OC)cc(C)c3c2C1CN(C)C3. The van der Waals surface area contributed by atoms with Gasteiger partial charge in [-0.05, 0) is 44.0 Å². The highest BCUT2D eigenvalue weighted by molar-refractivity contribution is 5.59. The summed E-state index contributed by atoms with van der Waals surface area (Å²) in [4.78, 5) is 2.39. The number of benzene rings is 1. The third kappa shape index (κ3) is 2.01. The first-order valence-corrected chi connectivity index (χ1v) is 7.32. The maximum absolute atomic E-state index is 6.26. The van der Waals surface area contributed by atoms with Gasteiger partial charge in [-0.15, -0.1) is 6.58 Å². The predicted octanol–water partition coefficient (Wildman–Crippen LogP) is 3.26. The minimum atomic E-state index is 0.250. The van der Waals surface area contributed by atoms with E-state index in [-0.39, 0.29) is 6.10 Å². The van der Waals surface area contributed by atoms with Crippen molar-refractivity contribution in [1.29, 1.82) is 0 Å². The Balaban J connectivity index is 2.06. The van der Waals surface area contributed by atoms with Gasteiger partial charge in [-0.2, -0.15) is 0 Å². The van der Waals surface area contributed by atoms with Gasteiger partial charge in [0.15, 0.2) is 11.5 Å². The van der Waals surface area contributed by atoms with Crippen LogP contribution in [0.5, 0.6) is 11.5 Å². The third-order valence-corrected chi connectivity index (χ3v) is 4.52. The van der Waals surface area contributed by atoms with Gasteiger partial charge < -0.3 is 14.4 Å². The van der Waals surface area contributed by atoms with Gasteiger partial charge in [-0.1, -0.05) is 6.08 Å². The van der Waals surface area contributed by atoms with E-state index in [9.17, 15) is 0 Å². The summed E-state index contributed by atoms with van der Waals surface area (Å²) in [6.07, 6.45) is 4.25. The van der Waals surface area contributed by atoms with Gasteiger partial charge >= 0.3 is 0 Å². The summed E-state index contributed by atoms with van der Waals surface area (Å²) >= 11 is 0. The molecule has 2 atom stereocenters. The maximum atomic E-state index is 6.26. The molecule has 1 aromatic rings. The average Bonchev–Trinajstić information content (AvgIpc) is 2.79. The maximum Gasteiger partial charge on any atom is 0.165 e. The number of hydrogen-bond donors (Lipinski definition) is 0. The highest BCUT2D eigenvalue weighted by atomic mass is 16.5. The average molecular weight is 273 g/mol. The van der Waals surface area contributed by atoms with E-state index in [4.69, 9.17) is 9.47 Å². The molecule has 3 rings (SSSR count). The van der Waals surface area contributed by atoms with Gasteiger partial charge in [0, 0.05) is 24.6 Å². The number of aryl methyl sites for hydroxylation is 1. The summed E-state index contributed by atoms with van der Waals surface area (Å²) in [6, 6.07) is 2.11. The minimum absolute atomic E-state index is 0.250. The van der Waals surface area contributed by atoms with Crippen LogP contribution in [0.1, 0.15) is 35.4 Å². The molecule has 1 aromatic carbocycles. The fourth-order valence-electron chi connectivity index (χ4n) is 3.55. The van der Waals surface area contributed by atoms with E-state index in [1.807, 2.05) is 6.08 Å². The highest BCUT2D eigenvalue weighted by Gasteiger charge is 2.41. The van der Waals surface area contributed by atoms with Crippen LogP contribution in [0.15, 0.2) is 18.7 Å². The lowest BCUT2D eigenvalue weighted by atomic mass is 9.84. The van der Waals surface area contributed by atoms with E-state index in [0.29, 0.717) is 5.92 Å². The number of ether oxygens (including phenoxy) is 2. The Bertz CT molecular complexity index is 538. The van der Waals surface area contributed by atoms with Gasteiger partial charge in [-0.3, -0.25) is 0 Å². The first-order chi connectivity index (χ1) is 9.65. The summed E-state index contributed by atoms with van der Waals surface area (Å²) < 4.78 is 11.8. The summed E-state index contributed by atoms with van der Waals surface area (Å²) in [6.45, 7) is 8.07. The van der Waals surface area contributed by atoms with E-state index in [1.54, 1.807) is 7.11 Å². The number of allylic oxidation sites excluding steroid dienone is 1. The molecule has 0 radical (unpaired) electrons. The van der Waals surface area contributed by atoms with Crippen molar-refractivity contribution in [3.8, 4) is 11.5 Å². The van der Waals surface area contributed by atoms with Crippen molar-refractivity contribution in [2.24, 2.45) is 0 Å². The van der Waals surface area contributed by atoms with Crippen molar-refractivity contribution in [1.82, 2.24) is 4.90 Å². The highest BCUT2D eigenvalue weighted by Crippen LogP contribution is 2.50.